The molecule has 2 aromatic carbocycles. The number of nitrogens with one attached hydrogen (secondary N) is 1. The van der Waals surface area contributed by atoms with Crippen LogP contribution in [0.1, 0.15) is 34.3 Å². The number of hydrogen-bond acceptors (Lipinski definition) is 7. The van der Waals surface area contributed by atoms with Gasteiger partial charge in [0.2, 0.25) is 5.95 Å². The molecule has 174 valence electrons. The van der Waals surface area contributed by atoms with Gasteiger partial charge in [0.15, 0.2) is 0 Å². The summed E-state index contributed by atoms with van der Waals surface area (Å²) in [5.41, 5.74) is 12.4. The molecule has 1 aromatic heterocycles. The molecule has 1 heterocycles. The third-order valence-corrected chi connectivity index (χ3v) is 6.96. The lowest BCUT2D eigenvalue weighted by Gasteiger charge is -2.25. The lowest BCUT2D eigenvalue weighted by molar-refractivity contribution is 0.0697. The summed E-state index contributed by atoms with van der Waals surface area (Å²) in [6.45, 7) is 1.97. The molecule has 0 aliphatic heterocycles. The number of carbonyl (C=O) groups is 1. The van der Waals surface area contributed by atoms with Crippen LogP contribution in [0.25, 0.3) is 0 Å². The zero-order valence-electron chi connectivity index (χ0n) is 18.0. The quantitative estimate of drug-likeness (QED) is 0.344. The van der Waals surface area contributed by atoms with Gasteiger partial charge in [-0.3, -0.25) is 14.1 Å². The first-order chi connectivity index (χ1) is 15.6. The maximum Gasteiger partial charge on any atom is 0.335 e. The Morgan fingerprint density at radius 1 is 1.06 bits per heavy atom. The fourth-order valence-corrected chi connectivity index (χ4v) is 4.83. The van der Waals surface area contributed by atoms with E-state index < -0.39 is 21.6 Å². The highest BCUT2D eigenvalue weighted by atomic mass is 32.2. The number of nitrogens with zero attached hydrogens (tertiary/aromatic N) is 2. The normalized spacial score (nSPS) is 11.3. The van der Waals surface area contributed by atoms with Crippen LogP contribution in [0.2, 0.25) is 0 Å². The van der Waals surface area contributed by atoms with Gasteiger partial charge in [0.1, 0.15) is 5.82 Å². The molecule has 0 fully saturated rings. The minimum Gasteiger partial charge on any atom is -0.478 e. The second kappa shape index (κ2) is 9.74. The average molecular weight is 472 g/mol. The lowest BCUT2D eigenvalue weighted by atomic mass is 10.1. The molecule has 10 nitrogen and oxygen atoms in total. The van der Waals surface area contributed by atoms with Gasteiger partial charge in [0, 0.05) is 6.54 Å². The smallest absolute Gasteiger partial charge is 0.335 e. The summed E-state index contributed by atoms with van der Waals surface area (Å²) in [5.74, 6) is -1.12. The largest absolute Gasteiger partial charge is 0.478 e. The van der Waals surface area contributed by atoms with Crippen molar-refractivity contribution in [3.63, 3.8) is 0 Å². The predicted octanol–water partition coefficient (Wildman–Crippen LogP) is 2.16. The van der Waals surface area contributed by atoms with Gasteiger partial charge >= 0.3 is 5.97 Å². The number of carboxylic acid groups (broad SMARTS) is 1. The Hall–Kier alpha value is -3.86. The van der Waals surface area contributed by atoms with Gasteiger partial charge in [-0.15, -0.1) is 0 Å². The standard InChI is InChI=1S/C22H25N5O5S/c1-14-5-11-17(12-6-14)33(31,32)27(16-9-7-15(8-10-16)21(29)30)13-3-2-4-18-19(23)25-22(24)26-20(18)28/h5-12H,2-4,13H2,1H3,(H,29,30)(H5,23,24,25,26,28). The van der Waals surface area contributed by atoms with Crippen molar-refractivity contribution in [3.05, 3.63) is 75.6 Å². The summed E-state index contributed by atoms with van der Waals surface area (Å²) in [5, 5.41) is 9.14. The van der Waals surface area contributed by atoms with Crippen LogP contribution in [0.3, 0.4) is 0 Å². The van der Waals surface area contributed by atoms with Gasteiger partial charge in [-0.1, -0.05) is 17.7 Å². The van der Waals surface area contributed by atoms with Crippen LogP contribution < -0.4 is 21.3 Å². The number of H-pyrrole nitrogens is 1. The number of aromatic nitrogens is 2. The maximum atomic E-state index is 13.4. The van der Waals surface area contributed by atoms with Crippen molar-refractivity contribution >= 4 is 33.4 Å². The van der Waals surface area contributed by atoms with Gasteiger partial charge in [-0.05, 0) is 62.6 Å². The number of benzene rings is 2. The number of nitrogen functional groups attached to an aromatic ring is 2. The zero-order chi connectivity index (χ0) is 24.2. The molecule has 3 aromatic rings. The molecule has 0 aliphatic rings. The minimum atomic E-state index is -3.91. The first kappa shape index (κ1) is 23.8. The maximum absolute atomic E-state index is 13.4. The van der Waals surface area contributed by atoms with E-state index >= 15 is 0 Å². The number of rotatable bonds is 9. The van der Waals surface area contributed by atoms with Crippen molar-refractivity contribution in [1.82, 2.24) is 9.97 Å². The highest BCUT2D eigenvalue weighted by Crippen LogP contribution is 2.25. The second-order valence-electron chi connectivity index (χ2n) is 7.51. The number of nitrogens with two attached hydrogens (primary N) is 2. The van der Waals surface area contributed by atoms with E-state index in [0.717, 1.165) is 5.56 Å². The number of hydrogen-bond donors (Lipinski definition) is 4. The first-order valence-electron chi connectivity index (χ1n) is 10.2. The Bertz CT molecular complexity index is 1300. The van der Waals surface area contributed by atoms with Crippen molar-refractivity contribution in [2.45, 2.75) is 31.1 Å². The molecule has 0 saturated heterocycles. The Kier molecular flexibility index (Phi) is 7.02. The molecule has 0 unspecified atom stereocenters. The van der Waals surface area contributed by atoms with Crippen molar-refractivity contribution in [2.75, 3.05) is 22.3 Å². The lowest BCUT2D eigenvalue weighted by Crippen LogP contribution is -2.32. The number of aromatic carboxylic acids is 1. The van der Waals surface area contributed by atoms with E-state index in [-0.39, 0.29) is 28.8 Å². The number of anilines is 3. The van der Waals surface area contributed by atoms with E-state index in [9.17, 15) is 18.0 Å². The number of unbranched alkanes of at least 4 members (excludes halogenated alkanes) is 1. The van der Waals surface area contributed by atoms with Crippen LogP contribution in [0, 0.1) is 6.92 Å². The molecular formula is C22H25N5O5S. The Morgan fingerprint density at radius 3 is 2.27 bits per heavy atom. The predicted molar refractivity (Wildman–Crippen MR) is 126 cm³/mol. The molecule has 0 amide bonds. The third kappa shape index (κ3) is 5.50. The van der Waals surface area contributed by atoms with Crippen LogP contribution in [-0.4, -0.2) is 36.0 Å². The van der Waals surface area contributed by atoms with Crippen LogP contribution in [0.4, 0.5) is 17.5 Å². The van der Waals surface area contributed by atoms with Crippen molar-refractivity contribution < 1.29 is 18.3 Å². The fraction of sp³-hybridized carbons (Fsp3) is 0.227. The van der Waals surface area contributed by atoms with Crippen molar-refractivity contribution in [1.29, 1.82) is 0 Å². The fourth-order valence-electron chi connectivity index (χ4n) is 3.33. The minimum absolute atomic E-state index is 0.0460. The second-order valence-corrected chi connectivity index (χ2v) is 9.38. The topological polar surface area (TPSA) is 172 Å². The van der Waals surface area contributed by atoms with Gasteiger partial charge in [-0.25, -0.2) is 13.2 Å². The monoisotopic (exact) mass is 471 g/mol. The summed E-state index contributed by atoms with van der Waals surface area (Å²) < 4.78 is 28.0. The van der Waals surface area contributed by atoms with Gasteiger partial charge < -0.3 is 16.6 Å². The van der Waals surface area contributed by atoms with Gasteiger partial charge in [0.05, 0.1) is 21.7 Å². The molecule has 0 bridgehead atoms. The highest BCUT2D eigenvalue weighted by molar-refractivity contribution is 7.92. The van der Waals surface area contributed by atoms with Gasteiger partial charge in [-0.2, -0.15) is 4.98 Å². The Balaban J connectivity index is 1.83. The summed E-state index contributed by atoms with van der Waals surface area (Å²) in [6, 6.07) is 12.1. The molecule has 11 heteroatoms. The number of aromatic amines is 1. The van der Waals surface area contributed by atoms with E-state index in [1.807, 2.05) is 6.92 Å². The number of carboxylic acids is 1. The first-order valence-corrected chi connectivity index (χ1v) is 11.6. The molecule has 0 spiro atoms. The number of sulfonamides is 1. The SMILES string of the molecule is Cc1ccc(S(=O)(=O)N(CCCCc2c(N)nc(N)[nH]c2=O)c2ccc(C(=O)O)cc2)cc1. The van der Waals surface area contributed by atoms with Crippen LogP contribution in [0.15, 0.2) is 58.2 Å². The van der Waals surface area contributed by atoms with Crippen LogP contribution in [0.5, 0.6) is 0 Å². The van der Waals surface area contributed by atoms with Crippen molar-refractivity contribution in [2.24, 2.45) is 0 Å². The summed E-state index contributed by atoms with van der Waals surface area (Å²) in [7, 11) is -3.91. The van der Waals surface area contributed by atoms with Crippen LogP contribution in [-0.2, 0) is 16.4 Å². The molecule has 3 rings (SSSR count). The molecular weight excluding hydrogens is 446 g/mol. The zero-order valence-corrected chi connectivity index (χ0v) is 18.8. The molecule has 0 radical (unpaired) electrons. The molecule has 0 aliphatic carbocycles. The average Bonchev–Trinajstić information content (AvgIpc) is 2.75. The van der Waals surface area contributed by atoms with E-state index in [4.69, 9.17) is 16.6 Å². The van der Waals surface area contributed by atoms with E-state index in [1.54, 1.807) is 12.1 Å². The number of aryl methyl sites for hydroxylation is 1. The molecule has 0 saturated carbocycles. The summed E-state index contributed by atoms with van der Waals surface area (Å²) in [6.07, 6.45) is 1.17. The molecule has 6 N–H and O–H groups in total. The third-order valence-electron chi connectivity index (χ3n) is 5.11. The van der Waals surface area contributed by atoms with E-state index in [1.165, 1.54) is 40.7 Å². The Labute approximate surface area is 190 Å². The van der Waals surface area contributed by atoms with Gasteiger partial charge in [0.25, 0.3) is 15.6 Å². The molecule has 0 atom stereocenters. The van der Waals surface area contributed by atoms with E-state index in [2.05, 4.69) is 9.97 Å². The molecule has 33 heavy (non-hydrogen) atoms. The van der Waals surface area contributed by atoms with E-state index in [0.29, 0.717) is 30.5 Å². The summed E-state index contributed by atoms with van der Waals surface area (Å²) in [4.78, 5) is 29.6. The highest BCUT2D eigenvalue weighted by Gasteiger charge is 2.25. The van der Waals surface area contributed by atoms with Crippen LogP contribution >= 0.6 is 0 Å². The summed E-state index contributed by atoms with van der Waals surface area (Å²) >= 11 is 0. The van der Waals surface area contributed by atoms with Crippen molar-refractivity contribution in [3.8, 4) is 0 Å². The Morgan fingerprint density at radius 2 is 1.70 bits per heavy atom.